The third-order valence-corrected chi connectivity index (χ3v) is 6.82. The number of piperidine rings is 1. The second kappa shape index (κ2) is 8.45. The number of hydrogen-bond acceptors (Lipinski definition) is 3. The van der Waals surface area contributed by atoms with Crippen LogP contribution in [-0.2, 0) is 10.0 Å². The molecule has 24 heavy (non-hydrogen) atoms. The molecular weight excluding hydrogens is 392 g/mol. The Morgan fingerprint density at radius 1 is 1.29 bits per heavy atom. The van der Waals surface area contributed by atoms with E-state index in [9.17, 15) is 13.2 Å². The molecule has 1 aliphatic rings. The maximum Gasteiger partial charge on any atom is 0.252 e. The summed E-state index contributed by atoms with van der Waals surface area (Å²) < 4.78 is 27.7. The van der Waals surface area contributed by atoms with Crippen LogP contribution in [0.4, 0.5) is 0 Å². The van der Waals surface area contributed by atoms with Gasteiger partial charge in [-0.05, 0) is 60.3 Å². The number of carbonyl (C=O) groups excluding carboxylic acids is 1. The van der Waals surface area contributed by atoms with E-state index in [1.54, 1.807) is 12.1 Å². The zero-order valence-electron chi connectivity index (χ0n) is 14.2. The van der Waals surface area contributed by atoms with E-state index in [4.69, 9.17) is 0 Å². The molecule has 0 bridgehead atoms. The van der Waals surface area contributed by atoms with Crippen LogP contribution in [0.3, 0.4) is 0 Å². The minimum atomic E-state index is -3.54. The SMILES string of the molecule is CCCC(C)NC(=O)c1cc(S(=O)(=O)N2CCCCC2)ccc1Br. The molecule has 0 radical (unpaired) electrons. The monoisotopic (exact) mass is 416 g/mol. The van der Waals surface area contributed by atoms with Gasteiger partial charge in [-0.2, -0.15) is 4.31 Å². The van der Waals surface area contributed by atoms with Crippen LogP contribution in [0.5, 0.6) is 0 Å². The van der Waals surface area contributed by atoms with Gasteiger partial charge in [0.1, 0.15) is 0 Å². The molecule has 1 aliphatic heterocycles. The molecule has 1 heterocycles. The lowest BCUT2D eigenvalue weighted by molar-refractivity contribution is 0.0937. The Morgan fingerprint density at radius 2 is 1.96 bits per heavy atom. The molecule has 0 aliphatic carbocycles. The van der Waals surface area contributed by atoms with Gasteiger partial charge in [-0.3, -0.25) is 4.79 Å². The normalized spacial score (nSPS) is 17.5. The van der Waals surface area contributed by atoms with E-state index >= 15 is 0 Å². The van der Waals surface area contributed by atoms with Gasteiger partial charge in [-0.15, -0.1) is 0 Å². The molecule has 1 amide bonds. The molecule has 134 valence electrons. The van der Waals surface area contributed by atoms with E-state index in [-0.39, 0.29) is 16.8 Å². The number of sulfonamides is 1. The van der Waals surface area contributed by atoms with Gasteiger partial charge in [0.2, 0.25) is 10.0 Å². The topological polar surface area (TPSA) is 66.5 Å². The Kier molecular flexibility index (Phi) is 6.83. The zero-order chi connectivity index (χ0) is 17.7. The van der Waals surface area contributed by atoms with Crippen molar-refractivity contribution in [3.63, 3.8) is 0 Å². The Labute approximate surface area is 153 Å². The first-order chi connectivity index (χ1) is 11.4. The molecule has 0 saturated carbocycles. The summed E-state index contributed by atoms with van der Waals surface area (Å²) in [6.45, 7) is 5.11. The number of hydrogen-bond donors (Lipinski definition) is 1. The summed E-state index contributed by atoms with van der Waals surface area (Å²) >= 11 is 3.35. The second-order valence-electron chi connectivity index (χ2n) is 6.27. The fourth-order valence-corrected chi connectivity index (χ4v) is 4.87. The summed E-state index contributed by atoms with van der Waals surface area (Å²) in [5, 5.41) is 2.92. The molecule has 0 spiro atoms. The maximum absolute atomic E-state index is 12.8. The van der Waals surface area contributed by atoms with Crippen LogP contribution in [0, 0.1) is 0 Å². The number of benzene rings is 1. The fraction of sp³-hybridized carbons (Fsp3) is 0.588. The second-order valence-corrected chi connectivity index (χ2v) is 9.06. The van der Waals surface area contributed by atoms with Crippen molar-refractivity contribution in [2.45, 2.75) is 56.9 Å². The molecule has 1 N–H and O–H groups in total. The Balaban J connectivity index is 2.26. The lowest BCUT2D eigenvalue weighted by atomic mass is 10.1. The van der Waals surface area contributed by atoms with Gasteiger partial charge in [-0.25, -0.2) is 8.42 Å². The van der Waals surface area contributed by atoms with Crippen molar-refractivity contribution < 1.29 is 13.2 Å². The number of carbonyl (C=O) groups is 1. The summed E-state index contributed by atoms with van der Waals surface area (Å²) in [7, 11) is -3.54. The lowest BCUT2D eigenvalue weighted by Gasteiger charge is -2.26. The van der Waals surface area contributed by atoms with E-state index in [1.165, 1.54) is 10.4 Å². The molecule has 0 aromatic heterocycles. The van der Waals surface area contributed by atoms with E-state index in [0.717, 1.165) is 32.1 Å². The molecule has 2 rings (SSSR count). The van der Waals surface area contributed by atoms with Crippen LogP contribution in [0.1, 0.15) is 56.3 Å². The molecule has 7 heteroatoms. The van der Waals surface area contributed by atoms with Gasteiger partial charge >= 0.3 is 0 Å². The highest BCUT2D eigenvalue weighted by molar-refractivity contribution is 9.10. The smallest absolute Gasteiger partial charge is 0.252 e. The molecule has 1 aromatic rings. The number of halogens is 1. The van der Waals surface area contributed by atoms with Gasteiger partial charge < -0.3 is 5.32 Å². The average molecular weight is 417 g/mol. The van der Waals surface area contributed by atoms with E-state index in [2.05, 4.69) is 28.2 Å². The third kappa shape index (κ3) is 4.58. The fourth-order valence-electron chi connectivity index (χ4n) is 2.90. The van der Waals surface area contributed by atoms with Gasteiger partial charge in [0.05, 0.1) is 10.5 Å². The van der Waals surface area contributed by atoms with Crippen LogP contribution in [-0.4, -0.2) is 37.8 Å². The Bertz CT molecular complexity index is 685. The molecule has 1 aromatic carbocycles. The van der Waals surface area contributed by atoms with E-state index < -0.39 is 10.0 Å². The predicted octanol–water partition coefficient (Wildman–Crippen LogP) is 3.54. The molecular formula is C17H25BrN2O3S. The zero-order valence-corrected chi connectivity index (χ0v) is 16.6. The van der Waals surface area contributed by atoms with Crippen molar-refractivity contribution in [3.05, 3.63) is 28.2 Å². The van der Waals surface area contributed by atoms with Gasteiger partial charge in [-0.1, -0.05) is 19.8 Å². The van der Waals surface area contributed by atoms with Crippen molar-refractivity contribution in [2.75, 3.05) is 13.1 Å². The molecule has 1 saturated heterocycles. The highest BCUT2D eigenvalue weighted by atomic mass is 79.9. The first-order valence-electron chi connectivity index (χ1n) is 8.47. The van der Waals surface area contributed by atoms with Crippen molar-refractivity contribution in [2.24, 2.45) is 0 Å². The molecule has 5 nitrogen and oxygen atoms in total. The summed E-state index contributed by atoms with van der Waals surface area (Å²) in [5.74, 6) is -0.251. The minimum absolute atomic E-state index is 0.0526. The molecule has 1 atom stereocenters. The molecule has 1 fully saturated rings. The van der Waals surface area contributed by atoms with Crippen LogP contribution in [0.2, 0.25) is 0 Å². The first-order valence-corrected chi connectivity index (χ1v) is 10.7. The Morgan fingerprint density at radius 3 is 2.58 bits per heavy atom. The number of amides is 1. The van der Waals surface area contributed by atoms with E-state index in [1.807, 2.05) is 6.92 Å². The average Bonchev–Trinajstić information content (AvgIpc) is 2.56. The van der Waals surface area contributed by atoms with Gasteiger partial charge in [0, 0.05) is 23.6 Å². The highest BCUT2D eigenvalue weighted by Gasteiger charge is 2.27. The highest BCUT2D eigenvalue weighted by Crippen LogP contribution is 2.25. The first kappa shape index (κ1) is 19.4. The van der Waals surface area contributed by atoms with Crippen LogP contribution >= 0.6 is 15.9 Å². The predicted molar refractivity (Wildman–Crippen MR) is 98.6 cm³/mol. The summed E-state index contributed by atoms with van der Waals surface area (Å²) in [6, 6.07) is 4.72. The minimum Gasteiger partial charge on any atom is -0.350 e. The van der Waals surface area contributed by atoms with Crippen molar-refractivity contribution in [3.8, 4) is 0 Å². The summed E-state index contributed by atoms with van der Waals surface area (Å²) in [4.78, 5) is 12.6. The van der Waals surface area contributed by atoms with Crippen LogP contribution < -0.4 is 5.32 Å². The summed E-state index contributed by atoms with van der Waals surface area (Å²) in [5.41, 5.74) is 0.357. The largest absolute Gasteiger partial charge is 0.350 e. The van der Waals surface area contributed by atoms with Gasteiger partial charge in [0.25, 0.3) is 5.91 Å². The number of rotatable bonds is 6. The lowest BCUT2D eigenvalue weighted by Crippen LogP contribution is -2.36. The summed E-state index contributed by atoms with van der Waals surface area (Å²) in [6.07, 6.45) is 4.70. The number of nitrogens with zero attached hydrogens (tertiary/aromatic N) is 1. The van der Waals surface area contributed by atoms with Crippen LogP contribution in [0.15, 0.2) is 27.6 Å². The third-order valence-electron chi connectivity index (χ3n) is 4.23. The Hall–Kier alpha value is -0.920. The van der Waals surface area contributed by atoms with Gasteiger partial charge in [0.15, 0.2) is 0 Å². The molecule has 1 unspecified atom stereocenters. The van der Waals surface area contributed by atoms with Crippen LogP contribution in [0.25, 0.3) is 0 Å². The quantitative estimate of drug-likeness (QED) is 0.770. The van der Waals surface area contributed by atoms with Crippen molar-refractivity contribution >= 4 is 31.9 Å². The van der Waals surface area contributed by atoms with Crippen molar-refractivity contribution in [1.82, 2.24) is 9.62 Å². The van der Waals surface area contributed by atoms with Crippen molar-refractivity contribution in [1.29, 1.82) is 0 Å². The van der Waals surface area contributed by atoms with E-state index in [0.29, 0.717) is 23.1 Å². The number of nitrogens with one attached hydrogen (secondary N) is 1. The maximum atomic E-state index is 12.8. The standard InChI is InChI=1S/C17H25BrN2O3S/c1-3-7-13(2)19-17(21)15-12-14(8-9-16(15)18)24(22,23)20-10-5-4-6-11-20/h8-9,12-13H,3-7,10-11H2,1-2H3,(H,19,21).